The summed E-state index contributed by atoms with van der Waals surface area (Å²) in [5.74, 6) is -3.00. The Bertz CT molecular complexity index is 631. The van der Waals surface area contributed by atoms with Crippen LogP contribution in [0.5, 0.6) is 0 Å². The van der Waals surface area contributed by atoms with E-state index in [4.69, 9.17) is 9.84 Å². The van der Waals surface area contributed by atoms with Crippen LogP contribution < -0.4 is 0 Å². The zero-order valence-electron chi connectivity index (χ0n) is 10.8. The number of aromatic carboxylic acids is 1. The van der Waals surface area contributed by atoms with Gasteiger partial charge in [-0.2, -0.15) is 0 Å². The third-order valence-electron chi connectivity index (χ3n) is 2.83. The molecule has 0 fully saturated rings. The van der Waals surface area contributed by atoms with Gasteiger partial charge in [0, 0.05) is 12.2 Å². The first-order chi connectivity index (χ1) is 10.0. The van der Waals surface area contributed by atoms with Crippen molar-refractivity contribution in [1.29, 1.82) is 0 Å². The van der Waals surface area contributed by atoms with Gasteiger partial charge in [0.15, 0.2) is 0 Å². The van der Waals surface area contributed by atoms with E-state index in [0.717, 1.165) is 17.1 Å². The molecule has 0 bridgehead atoms. The molecule has 7 nitrogen and oxygen atoms in total. The van der Waals surface area contributed by atoms with Crippen molar-refractivity contribution >= 4 is 23.8 Å². The Morgan fingerprint density at radius 2 is 1.62 bits per heavy atom. The molecular weight excluding hydrogens is 278 g/mol. The molecule has 0 aromatic heterocycles. The van der Waals surface area contributed by atoms with Crippen LogP contribution in [-0.4, -0.2) is 46.9 Å². The second-order valence-electron chi connectivity index (χ2n) is 4.15. The molecular formula is C14H11NO6. The topological polar surface area (TPSA) is 101 Å². The van der Waals surface area contributed by atoms with Gasteiger partial charge in [-0.15, -0.1) is 0 Å². The van der Waals surface area contributed by atoms with E-state index in [1.54, 1.807) is 0 Å². The summed E-state index contributed by atoms with van der Waals surface area (Å²) in [5.41, 5.74) is -0.250. The molecule has 0 aliphatic carbocycles. The van der Waals surface area contributed by atoms with Crippen LogP contribution in [0, 0.1) is 0 Å². The summed E-state index contributed by atoms with van der Waals surface area (Å²) in [4.78, 5) is 46.3. The lowest BCUT2D eigenvalue weighted by Crippen LogP contribution is -2.33. The lowest BCUT2D eigenvalue weighted by molar-refractivity contribution is -0.137. The summed E-state index contributed by atoms with van der Waals surface area (Å²) >= 11 is 0. The van der Waals surface area contributed by atoms with Crippen LogP contribution in [0.3, 0.4) is 0 Å². The van der Waals surface area contributed by atoms with Crippen LogP contribution in [0.25, 0.3) is 0 Å². The molecule has 0 atom stereocenters. The van der Waals surface area contributed by atoms with Crippen LogP contribution in [0.15, 0.2) is 36.4 Å². The number of imide groups is 1. The van der Waals surface area contributed by atoms with Gasteiger partial charge in [0.25, 0.3) is 11.8 Å². The fourth-order valence-electron chi connectivity index (χ4n) is 1.81. The van der Waals surface area contributed by atoms with E-state index in [2.05, 4.69) is 0 Å². The number of carboxylic acids is 1. The van der Waals surface area contributed by atoms with E-state index in [1.807, 2.05) is 0 Å². The number of hydrogen-bond donors (Lipinski definition) is 1. The van der Waals surface area contributed by atoms with Crippen LogP contribution in [0.2, 0.25) is 0 Å². The van der Waals surface area contributed by atoms with Crippen molar-refractivity contribution in [2.45, 2.75) is 0 Å². The minimum atomic E-state index is -1.24. The van der Waals surface area contributed by atoms with E-state index in [-0.39, 0.29) is 24.3 Å². The van der Waals surface area contributed by atoms with Gasteiger partial charge in [0.1, 0.15) is 6.61 Å². The van der Waals surface area contributed by atoms with Crippen molar-refractivity contribution in [3.63, 3.8) is 0 Å². The highest BCUT2D eigenvalue weighted by Gasteiger charge is 2.23. The zero-order valence-corrected chi connectivity index (χ0v) is 10.8. The smallest absolute Gasteiger partial charge is 0.339 e. The summed E-state index contributed by atoms with van der Waals surface area (Å²) in [6, 6.07) is 5.63. The summed E-state index contributed by atoms with van der Waals surface area (Å²) < 4.78 is 4.90. The molecule has 21 heavy (non-hydrogen) atoms. The first-order valence-corrected chi connectivity index (χ1v) is 6.03. The molecule has 2 rings (SSSR count). The van der Waals surface area contributed by atoms with Gasteiger partial charge in [0.2, 0.25) is 0 Å². The summed E-state index contributed by atoms with van der Waals surface area (Å²) in [5, 5.41) is 8.97. The van der Waals surface area contributed by atoms with Crippen LogP contribution in [-0.2, 0) is 14.3 Å². The maximum atomic E-state index is 11.8. The Hall–Kier alpha value is -2.96. The maximum absolute atomic E-state index is 11.8. The monoisotopic (exact) mass is 289 g/mol. The number of amides is 2. The Balaban J connectivity index is 1.95. The molecule has 0 saturated heterocycles. The lowest BCUT2D eigenvalue weighted by Gasteiger charge is -2.13. The van der Waals surface area contributed by atoms with Crippen LogP contribution >= 0.6 is 0 Å². The van der Waals surface area contributed by atoms with Crippen molar-refractivity contribution in [3.05, 3.63) is 47.5 Å². The minimum Gasteiger partial charge on any atom is -0.478 e. The summed E-state index contributed by atoms with van der Waals surface area (Å²) in [6.45, 7) is -0.280. The lowest BCUT2D eigenvalue weighted by atomic mass is 10.1. The number of nitrogens with zero attached hydrogens (tertiary/aromatic N) is 1. The molecule has 108 valence electrons. The third-order valence-corrected chi connectivity index (χ3v) is 2.83. The molecule has 0 saturated carbocycles. The van der Waals surface area contributed by atoms with Gasteiger partial charge < -0.3 is 9.84 Å². The number of rotatable bonds is 5. The van der Waals surface area contributed by atoms with E-state index in [0.29, 0.717) is 0 Å². The van der Waals surface area contributed by atoms with Gasteiger partial charge in [-0.25, -0.2) is 9.59 Å². The van der Waals surface area contributed by atoms with Crippen LogP contribution in [0.4, 0.5) is 0 Å². The Morgan fingerprint density at radius 1 is 1.05 bits per heavy atom. The molecule has 1 N–H and O–H groups in total. The number of benzene rings is 1. The standard InChI is InChI=1S/C14H11NO6/c16-11-5-6-12(17)15(11)7-8-21-14(20)10-4-2-1-3-9(10)13(18)19/h1-6H,7-8H2,(H,18,19). The highest BCUT2D eigenvalue weighted by atomic mass is 16.5. The van der Waals surface area contributed by atoms with Gasteiger partial charge in [-0.3, -0.25) is 14.5 Å². The molecule has 0 unspecified atom stereocenters. The van der Waals surface area contributed by atoms with Crippen molar-refractivity contribution in [3.8, 4) is 0 Å². The van der Waals surface area contributed by atoms with Gasteiger partial charge >= 0.3 is 11.9 Å². The molecule has 1 aromatic carbocycles. The maximum Gasteiger partial charge on any atom is 0.339 e. The van der Waals surface area contributed by atoms with E-state index < -0.39 is 23.8 Å². The largest absolute Gasteiger partial charge is 0.478 e. The Morgan fingerprint density at radius 3 is 2.19 bits per heavy atom. The number of carboxylic acid groups (broad SMARTS) is 1. The molecule has 0 radical (unpaired) electrons. The molecule has 1 aromatic rings. The molecule has 0 spiro atoms. The normalized spacial score (nSPS) is 13.6. The van der Waals surface area contributed by atoms with Gasteiger partial charge in [0.05, 0.1) is 17.7 Å². The van der Waals surface area contributed by atoms with Crippen LogP contribution in [0.1, 0.15) is 20.7 Å². The van der Waals surface area contributed by atoms with E-state index >= 15 is 0 Å². The van der Waals surface area contributed by atoms with E-state index in [9.17, 15) is 19.2 Å². The number of carbonyl (C=O) groups is 4. The molecule has 2 amide bonds. The molecule has 1 heterocycles. The highest BCUT2D eigenvalue weighted by Crippen LogP contribution is 2.10. The highest BCUT2D eigenvalue weighted by molar-refractivity contribution is 6.12. The first-order valence-electron chi connectivity index (χ1n) is 6.03. The Labute approximate surface area is 119 Å². The Kier molecular flexibility index (Phi) is 4.13. The zero-order chi connectivity index (χ0) is 15.4. The van der Waals surface area contributed by atoms with Crippen molar-refractivity contribution in [1.82, 2.24) is 4.90 Å². The molecule has 1 aliphatic rings. The second-order valence-corrected chi connectivity index (χ2v) is 4.15. The van der Waals surface area contributed by atoms with E-state index in [1.165, 1.54) is 24.3 Å². The number of ether oxygens (including phenoxy) is 1. The SMILES string of the molecule is O=C(O)c1ccccc1C(=O)OCCN1C(=O)C=CC1=O. The average Bonchev–Trinajstić information content (AvgIpc) is 2.78. The minimum absolute atomic E-state index is 0.0777. The van der Waals surface area contributed by atoms with Gasteiger partial charge in [-0.05, 0) is 12.1 Å². The molecule has 1 aliphatic heterocycles. The van der Waals surface area contributed by atoms with Crippen molar-refractivity contribution in [2.75, 3.05) is 13.2 Å². The number of hydrogen-bond acceptors (Lipinski definition) is 5. The van der Waals surface area contributed by atoms with Crippen molar-refractivity contribution in [2.24, 2.45) is 0 Å². The average molecular weight is 289 g/mol. The quantitative estimate of drug-likeness (QED) is 0.624. The fraction of sp³-hybridized carbons (Fsp3) is 0.143. The summed E-state index contributed by atoms with van der Waals surface area (Å²) in [7, 11) is 0. The first kappa shape index (κ1) is 14.4. The number of carbonyl (C=O) groups excluding carboxylic acids is 3. The van der Waals surface area contributed by atoms with Crippen molar-refractivity contribution < 1.29 is 29.0 Å². The second kappa shape index (κ2) is 6.00. The predicted octanol–water partition coefficient (Wildman–Crippen LogP) is 0.467. The summed E-state index contributed by atoms with van der Waals surface area (Å²) in [6.07, 6.45) is 2.26. The predicted molar refractivity (Wildman–Crippen MR) is 69.5 cm³/mol. The van der Waals surface area contributed by atoms with Gasteiger partial charge in [-0.1, -0.05) is 12.1 Å². The number of esters is 1. The third kappa shape index (κ3) is 3.14. The fourth-order valence-corrected chi connectivity index (χ4v) is 1.81. The molecule has 7 heteroatoms.